The van der Waals surface area contributed by atoms with Crippen LogP contribution in [0.5, 0.6) is 0 Å². The minimum absolute atomic E-state index is 0.127. The van der Waals surface area contributed by atoms with Crippen LogP contribution in [0.15, 0.2) is 67.0 Å². The van der Waals surface area contributed by atoms with E-state index in [2.05, 4.69) is 20.6 Å². The lowest BCUT2D eigenvalue weighted by atomic mass is 10.0. The average molecular weight is 441 g/mol. The number of carbonyl (C=O) groups excluding carboxylic acids is 1. The van der Waals surface area contributed by atoms with Crippen molar-refractivity contribution in [2.45, 2.75) is 26.8 Å². The molecule has 3 aromatic carbocycles. The minimum Gasteiger partial charge on any atom is -0.478 e. The van der Waals surface area contributed by atoms with Crippen LogP contribution in [-0.4, -0.2) is 27.0 Å². The molecule has 4 aromatic rings. The zero-order valence-corrected chi connectivity index (χ0v) is 18.6. The maximum atomic E-state index is 12.7. The fourth-order valence-electron chi connectivity index (χ4n) is 3.64. The first kappa shape index (κ1) is 22.0. The van der Waals surface area contributed by atoms with Gasteiger partial charge in [-0.05, 0) is 73.9 Å². The van der Waals surface area contributed by atoms with Gasteiger partial charge in [-0.15, -0.1) is 0 Å². The summed E-state index contributed by atoms with van der Waals surface area (Å²) in [7, 11) is 0. The number of carboxylic acid groups (broad SMARTS) is 1. The summed E-state index contributed by atoms with van der Waals surface area (Å²) in [5, 5.41) is 16.4. The van der Waals surface area contributed by atoms with Gasteiger partial charge in [0.05, 0.1) is 17.1 Å². The molecule has 0 aliphatic carbocycles. The Morgan fingerprint density at radius 3 is 2.48 bits per heavy atom. The maximum absolute atomic E-state index is 12.7. The van der Waals surface area contributed by atoms with E-state index in [4.69, 9.17) is 0 Å². The fraction of sp³-hybridized carbons (Fsp3) is 0.154. The van der Waals surface area contributed by atoms with Gasteiger partial charge in [0.1, 0.15) is 12.1 Å². The number of para-hydroxylation sites is 1. The summed E-state index contributed by atoms with van der Waals surface area (Å²) in [6, 6.07) is 18.0. The number of fused-ring (bicyclic) bond motifs is 1. The van der Waals surface area contributed by atoms with Crippen LogP contribution in [0.25, 0.3) is 10.9 Å². The zero-order valence-electron chi connectivity index (χ0n) is 18.6. The highest BCUT2D eigenvalue weighted by molar-refractivity contribution is 6.05. The number of nitrogens with one attached hydrogen (secondary N) is 2. The number of hydrogen-bond donors (Lipinski definition) is 3. The van der Waals surface area contributed by atoms with Gasteiger partial charge in [-0.3, -0.25) is 4.79 Å². The van der Waals surface area contributed by atoms with Crippen LogP contribution < -0.4 is 10.6 Å². The van der Waals surface area contributed by atoms with Crippen molar-refractivity contribution >= 4 is 34.3 Å². The first-order valence-electron chi connectivity index (χ1n) is 10.6. The predicted octanol–water partition coefficient (Wildman–Crippen LogP) is 5.37. The molecule has 0 unspecified atom stereocenters. The molecule has 0 bridgehead atoms. The molecular weight excluding hydrogens is 416 g/mol. The first-order chi connectivity index (χ1) is 15.8. The fourth-order valence-corrected chi connectivity index (χ4v) is 3.64. The molecule has 1 aromatic heterocycles. The van der Waals surface area contributed by atoms with Gasteiger partial charge in [-0.1, -0.05) is 24.3 Å². The maximum Gasteiger partial charge on any atom is 0.337 e. The number of anilines is 2. The van der Waals surface area contributed by atoms with E-state index in [0.717, 1.165) is 16.7 Å². The second kappa shape index (κ2) is 9.08. The quantitative estimate of drug-likeness (QED) is 0.372. The lowest BCUT2D eigenvalue weighted by Crippen LogP contribution is -2.13. The second-order valence-corrected chi connectivity index (χ2v) is 7.97. The number of aromatic nitrogens is 2. The number of aromatic carboxylic acids is 1. The number of aryl methyl sites for hydroxylation is 2. The summed E-state index contributed by atoms with van der Waals surface area (Å²) in [6.45, 7) is 5.97. The highest BCUT2D eigenvalue weighted by atomic mass is 16.4. The molecule has 33 heavy (non-hydrogen) atoms. The summed E-state index contributed by atoms with van der Waals surface area (Å²) in [4.78, 5) is 32.7. The van der Waals surface area contributed by atoms with Gasteiger partial charge in [0.25, 0.3) is 5.91 Å². The van der Waals surface area contributed by atoms with Crippen LogP contribution in [0.1, 0.15) is 50.4 Å². The number of hydrogen-bond acceptors (Lipinski definition) is 5. The van der Waals surface area contributed by atoms with Gasteiger partial charge in [-0.25, -0.2) is 14.8 Å². The lowest BCUT2D eigenvalue weighted by Gasteiger charge is -2.17. The van der Waals surface area contributed by atoms with E-state index < -0.39 is 5.97 Å². The van der Waals surface area contributed by atoms with Crippen molar-refractivity contribution in [3.63, 3.8) is 0 Å². The van der Waals surface area contributed by atoms with Gasteiger partial charge in [0, 0.05) is 16.6 Å². The van der Waals surface area contributed by atoms with Crippen LogP contribution in [0.4, 0.5) is 11.5 Å². The topological polar surface area (TPSA) is 104 Å². The molecule has 0 spiro atoms. The molecule has 1 amide bonds. The Labute approximate surface area is 191 Å². The van der Waals surface area contributed by atoms with Gasteiger partial charge in [-0.2, -0.15) is 0 Å². The molecule has 4 rings (SSSR count). The molecule has 7 nitrogen and oxygen atoms in total. The molecule has 3 N–H and O–H groups in total. The number of nitrogens with zero attached hydrogens (tertiary/aromatic N) is 2. The molecule has 7 heteroatoms. The van der Waals surface area contributed by atoms with E-state index in [1.165, 1.54) is 12.4 Å². The zero-order chi connectivity index (χ0) is 23.5. The number of carboxylic acids is 1. The van der Waals surface area contributed by atoms with Crippen LogP contribution in [0.2, 0.25) is 0 Å². The first-order valence-corrected chi connectivity index (χ1v) is 10.6. The van der Waals surface area contributed by atoms with Crippen molar-refractivity contribution in [1.82, 2.24) is 9.97 Å². The van der Waals surface area contributed by atoms with Crippen LogP contribution in [0, 0.1) is 13.8 Å². The summed E-state index contributed by atoms with van der Waals surface area (Å²) in [5.41, 5.74) is 4.94. The lowest BCUT2D eigenvalue weighted by molar-refractivity contribution is 0.0698. The number of amides is 1. The Morgan fingerprint density at radius 2 is 1.73 bits per heavy atom. The Hall–Kier alpha value is -4.26. The second-order valence-electron chi connectivity index (χ2n) is 7.97. The third-order valence-corrected chi connectivity index (χ3v) is 5.66. The number of rotatable bonds is 6. The third kappa shape index (κ3) is 4.67. The smallest absolute Gasteiger partial charge is 0.337 e. The predicted molar refractivity (Wildman–Crippen MR) is 129 cm³/mol. The molecule has 0 aliphatic rings. The number of carbonyl (C=O) groups is 2. The van der Waals surface area contributed by atoms with Crippen molar-refractivity contribution < 1.29 is 14.7 Å². The largest absolute Gasteiger partial charge is 0.478 e. The van der Waals surface area contributed by atoms with Crippen molar-refractivity contribution in [2.24, 2.45) is 0 Å². The van der Waals surface area contributed by atoms with Crippen molar-refractivity contribution in [2.75, 3.05) is 10.6 Å². The van der Waals surface area contributed by atoms with E-state index >= 15 is 0 Å². The Balaban J connectivity index is 1.55. The average Bonchev–Trinajstić information content (AvgIpc) is 2.80. The number of benzene rings is 3. The molecule has 0 saturated carbocycles. The standard InChI is InChI=1S/C26H24N4O3/c1-15-10-11-19(12-16(15)2)25(31)30-20-7-4-6-18(13-20)17(3)29-24-21-8-5-9-22(26(32)33)23(21)27-14-28-24/h4-14,17H,1-3H3,(H,30,31)(H,32,33)(H,27,28,29)/t17-/m1/s1. The Kier molecular flexibility index (Phi) is 6.04. The molecule has 0 saturated heterocycles. The molecule has 0 radical (unpaired) electrons. The van der Waals surface area contributed by atoms with Gasteiger partial charge < -0.3 is 15.7 Å². The highest BCUT2D eigenvalue weighted by Gasteiger charge is 2.15. The molecule has 1 heterocycles. The van der Waals surface area contributed by atoms with Crippen molar-refractivity contribution in [1.29, 1.82) is 0 Å². The monoisotopic (exact) mass is 440 g/mol. The molecule has 0 fully saturated rings. The summed E-state index contributed by atoms with van der Waals surface area (Å²) in [5.74, 6) is -0.662. The molecule has 166 valence electrons. The summed E-state index contributed by atoms with van der Waals surface area (Å²) < 4.78 is 0. The third-order valence-electron chi connectivity index (χ3n) is 5.66. The summed E-state index contributed by atoms with van der Waals surface area (Å²) in [6.07, 6.45) is 1.35. The summed E-state index contributed by atoms with van der Waals surface area (Å²) >= 11 is 0. The van der Waals surface area contributed by atoms with Crippen LogP contribution >= 0.6 is 0 Å². The van der Waals surface area contributed by atoms with Gasteiger partial charge in [0.2, 0.25) is 0 Å². The Morgan fingerprint density at radius 1 is 0.939 bits per heavy atom. The Bertz CT molecular complexity index is 1370. The molecule has 0 aliphatic heterocycles. The highest BCUT2D eigenvalue weighted by Crippen LogP contribution is 2.27. The van der Waals surface area contributed by atoms with Crippen LogP contribution in [-0.2, 0) is 0 Å². The minimum atomic E-state index is -1.04. The van der Waals surface area contributed by atoms with Gasteiger partial charge in [0.15, 0.2) is 0 Å². The SMILES string of the molecule is Cc1ccc(C(=O)Nc2cccc([C@@H](C)Nc3ncnc4c(C(=O)O)cccc34)c2)cc1C. The van der Waals surface area contributed by atoms with E-state index in [-0.39, 0.29) is 17.5 Å². The van der Waals surface area contributed by atoms with Crippen molar-refractivity contribution in [3.05, 3.63) is 94.8 Å². The van der Waals surface area contributed by atoms with E-state index in [1.807, 2.05) is 63.2 Å². The van der Waals surface area contributed by atoms with Crippen molar-refractivity contribution in [3.8, 4) is 0 Å². The van der Waals surface area contributed by atoms with Gasteiger partial charge >= 0.3 is 5.97 Å². The van der Waals surface area contributed by atoms with E-state index in [1.54, 1.807) is 12.1 Å². The molecule has 1 atom stereocenters. The normalized spacial score (nSPS) is 11.7. The van der Waals surface area contributed by atoms with E-state index in [9.17, 15) is 14.7 Å². The molecular formula is C26H24N4O3. The van der Waals surface area contributed by atoms with Crippen LogP contribution in [0.3, 0.4) is 0 Å². The van der Waals surface area contributed by atoms with E-state index in [0.29, 0.717) is 28.0 Å².